The lowest BCUT2D eigenvalue weighted by molar-refractivity contribution is -0.287. The Balaban J connectivity index is 2.07. The predicted octanol–water partition coefficient (Wildman–Crippen LogP) is 3.66. The molecule has 0 radical (unpaired) electrons. The first kappa shape index (κ1) is 22.4. The van der Waals surface area contributed by atoms with Crippen LogP contribution >= 0.6 is 0 Å². The molecule has 2 aromatic carbocycles. The molecule has 31 heavy (non-hydrogen) atoms. The second kappa shape index (κ2) is 8.43. The number of benzene rings is 2. The zero-order valence-electron chi connectivity index (χ0n) is 16.6. The number of hydrogen-bond acceptors (Lipinski definition) is 4. The molecule has 0 aromatic heterocycles. The number of ketones is 1. The minimum atomic E-state index is -5.30. The smallest absolute Gasteiger partial charge is 0.437 e. The van der Waals surface area contributed by atoms with Gasteiger partial charge in [-0.15, -0.1) is 0 Å². The molecule has 0 bridgehead atoms. The molecule has 164 valence electrons. The van der Waals surface area contributed by atoms with Crippen molar-refractivity contribution in [1.29, 1.82) is 0 Å². The Bertz CT molecular complexity index is 974. The molecule has 2 aromatic rings. The Morgan fingerprint density at radius 3 is 2.35 bits per heavy atom. The van der Waals surface area contributed by atoms with Gasteiger partial charge in [-0.25, -0.2) is 4.79 Å². The molecule has 1 fully saturated rings. The topological polar surface area (TPSA) is 87.7 Å². The fourth-order valence-electron chi connectivity index (χ4n) is 3.44. The molecule has 0 unspecified atom stereocenters. The quantitative estimate of drug-likeness (QED) is 0.478. The second-order valence-corrected chi connectivity index (χ2v) is 7.22. The maximum Gasteiger partial charge on any atom is 0.437 e. The van der Waals surface area contributed by atoms with Gasteiger partial charge < -0.3 is 20.5 Å². The van der Waals surface area contributed by atoms with E-state index in [2.05, 4.69) is 11.9 Å². The van der Waals surface area contributed by atoms with E-state index in [0.717, 1.165) is 5.56 Å². The van der Waals surface area contributed by atoms with Crippen molar-refractivity contribution in [3.63, 3.8) is 0 Å². The summed E-state index contributed by atoms with van der Waals surface area (Å²) in [4.78, 5) is 25.2. The van der Waals surface area contributed by atoms with Crippen molar-refractivity contribution in [2.45, 2.75) is 24.9 Å². The zero-order valence-corrected chi connectivity index (χ0v) is 16.6. The third kappa shape index (κ3) is 4.41. The van der Waals surface area contributed by atoms with Gasteiger partial charge in [-0.3, -0.25) is 4.79 Å². The van der Waals surface area contributed by atoms with Gasteiger partial charge in [0.05, 0.1) is 6.04 Å². The average molecular weight is 434 g/mol. The molecule has 3 N–H and O–H groups in total. The lowest BCUT2D eigenvalue weighted by atomic mass is 9.77. The number of Topliss-reactive ketones (excluding diaryl/α,β-unsaturated/α-hetero) is 1. The highest BCUT2D eigenvalue weighted by molar-refractivity contribution is 6.00. The Morgan fingerprint density at radius 2 is 1.81 bits per heavy atom. The summed E-state index contributed by atoms with van der Waals surface area (Å²) in [5.74, 6) is -2.62. The highest BCUT2D eigenvalue weighted by Crippen LogP contribution is 2.44. The lowest BCUT2D eigenvalue weighted by Gasteiger charge is -2.45. The number of nitrogens with one attached hydrogen (secondary N) is 2. The first-order valence-corrected chi connectivity index (χ1v) is 9.39. The minimum Gasteiger partial charge on any atom is -0.490 e. The standard InChI is InChI=1S/C22H21F3N2O4/c1-3-12-31-16-10-8-14(9-11-16)18-17(19(28)15-6-4-13(2)5-7-15)21(30,22(23,24)25)27-20(29)26-18/h3-11,17-18,30H,1,12H2,2H3,(H2,26,27,29)/t17-,18+,21-/m1/s1. The summed E-state index contributed by atoms with van der Waals surface area (Å²) in [6.45, 7) is 5.52. The molecule has 1 saturated heterocycles. The van der Waals surface area contributed by atoms with Crippen LogP contribution in [-0.2, 0) is 0 Å². The number of ether oxygens (including phenoxy) is 1. The highest BCUT2D eigenvalue weighted by atomic mass is 19.4. The summed E-state index contributed by atoms with van der Waals surface area (Å²) < 4.78 is 47.1. The fraction of sp³-hybridized carbons (Fsp3) is 0.273. The number of alkyl halides is 3. The molecule has 3 atom stereocenters. The molecule has 1 aliphatic rings. The van der Waals surface area contributed by atoms with Gasteiger partial charge in [0.15, 0.2) is 5.78 Å². The van der Waals surface area contributed by atoms with Crippen LogP contribution < -0.4 is 15.4 Å². The first-order chi connectivity index (χ1) is 14.6. The number of aryl methyl sites for hydroxylation is 1. The van der Waals surface area contributed by atoms with Crippen molar-refractivity contribution in [3.8, 4) is 5.75 Å². The molecule has 6 nitrogen and oxygen atoms in total. The van der Waals surface area contributed by atoms with E-state index in [-0.39, 0.29) is 17.7 Å². The van der Waals surface area contributed by atoms with Gasteiger partial charge in [0, 0.05) is 5.56 Å². The molecule has 2 amide bonds. The number of halogens is 3. The van der Waals surface area contributed by atoms with Crippen LogP contribution in [0.4, 0.5) is 18.0 Å². The molecule has 0 aliphatic carbocycles. The van der Waals surface area contributed by atoms with Gasteiger partial charge in [-0.1, -0.05) is 54.6 Å². The number of urea groups is 1. The molecular formula is C22H21F3N2O4. The fourth-order valence-corrected chi connectivity index (χ4v) is 3.44. The van der Waals surface area contributed by atoms with Crippen molar-refractivity contribution >= 4 is 11.8 Å². The third-order valence-corrected chi connectivity index (χ3v) is 5.03. The van der Waals surface area contributed by atoms with Crippen molar-refractivity contribution in [1.82, 2.24) is 10.6 Å². The van der Waals surface area contributed by atoms with Gasteiger partial charge >= 0.3 is 12.2 Å². The van der Waals surface area contributed by atoms with Crippen LogP contribution in [0.15, 0.2) is 61.2 Å². The van der Waals surface area contributed by atoms with Gasteiger partial charge in [-0.2, -0.15) is 13.2 Å². The van der Waals surface area contributed by atoms with Crippen LogP contribution in [0, 0.1) is 12.8 Å². The van der Waals surface area contributed by atoms with Crippen LogP contribution in [-0.4, -0.2) is 35.4 Å². The van der Waals surface area contributed by atoms with E-state index in [4.69, 9.17) is 4.74 Å². The Labute approximate surface area is 176 Å². The molecule has 0 spiro atoms. The van der Waals surface area contributed by atoms with Crippen LogP contribution in [0.2, 0.25) is 0 Å². The van der Waals surface area contributed by atoms with Crippen LogP contribution in [0.1, 0.15) is 27.5 Å². The number of rotatable bonds is 6. The summed E-state index contributed by atoms with van der Waals surface area (Å²) >= 11 is 0. The summed E-state index contributed by atoms with van der Waals surface area (Å²) in [6.07, 6.45) is -3.78. The Kier molecular flexibility index (Phi) is 6.08. The molecule has 9 heteroatoms. The molecular weight excluding hydrogens is 413 g/mol. The van der Waals surface area contributed by atoms with E-state index in [1.165, 1.54) is 47.8 Å². The Hall–Kier alpha value is -3.33. The summed E-state index contributed by atoms with van der Waals surface area (Å²) in [6, 6.07) is 9.09. The SMILES string of the molecule is C=CCOc1ccc([C@@H]2NC(=O)N[C@](O)(C(F)(F)F)[C@H]2C(=O)c2ccc(C)cc2)cc1. The van der Waals surface area contributed by atoms with Gasteiger partial charge in [0.25, 0.3) is 0 Å². The second-order valence-electron chi connectivity index (χ2n) is 7.22. The highest BCUT2D eigenvalue weighted by Gasteiger charge is 2.66. The number of aliphatic hydroxyl groups is 1. The van der Waals surface area contributed by atoms with Crippen LogP contribution in [0.3, 0.4) is 0 Å². The van der Waals surface area contributed by atoms with E-state index in [1.54, 1.807) is 19.1 Å². The molecule has 1 heterocycles. The zero-order chi connectivity index (χ0) is 22.8. The van der Waals surface area contributed by atoms with Gasteiger partial charge in [-0.05, 0) is 24.6 Å². The molecule has 3 rings (SSSR count). The Morgan fingerprint density at radius 1 is 1.19 bits per heavy atom. The van der Waals surface area contributed by atoms with Crippen LogP contribution in [0.25, 0.3) is 0 Å². The molecule has 0 saturated carbocycles. The van der Waals surface area contributed by atoms with Crippen molar-refractivity contribution in [2.24, 2.45) is 5.92 Å². The van der Waals surface area contributed by atoms with Crippen molar-refractivity contribution in [3.05, 3.63) is 77.9 Å². The number of carbonyl (C=O) groups is 2. The largest absolute Gasteiger partial charge is 0.490 e. The van der Waals surface area contributed by atoms with E-state index < -0.39 is 35.7 Å². The summed E-state index contributed by atoms with van der Waals surface area (Å²) in [7, 11) is 0. The van der Waals surface area contributed by atoms with E-state index in [1.807, 2.05) is 0 Å². The number of amides is 2. The van der Waals surface area contributed by atoms with E-state index in [9.17, 15) is 27.9 Å². The van der Waals surface area contributed by atoms with Gasteiger partial charge in [0.2, 0.25) is 5.72 Å². The van der Waals surface area contributed by atoms with Crippen LogP contribution in [0.5, 0.6) is 5.75 Å². The monoisotopic (exact) mass is 434 g/mol. The molecule has 1 aliphatic heterocycles. The first-order valence-electron chi connectivity index (χ1n) is 9.39. The lowest BCUT2D eigenvalue weighted by Crippen LogP contribution is -2.72. The van der Waals surface area contributed by atoms with Crippen molar-refractivity contribution < 1.29 is 32.6 Å². The maximum atomic E-state index is 13.9. The summed E-state index contributed by atoms with van der Waals surface area (Å²) in [5.41, 5.74) is -2.77. The predicted molar refractivity (Wildman–Crippen MR) is 107 cm³/mol. The number of hydrogen-bond donors (Lipinski definition) is 3. The van der Waals surface area contributed by atoms with E-state index in [0.29, 0.717) is 5.75 Å². The van der Waals surface area contributed by atoms with E-state index >= 15 is 0 Å². The third-order valence-electron chi connectivity index (χ3n) is 5.03. The maximum absolute atomic E-state index is 13.9. The van der Waals surface area contributed by atoms with Crippen molar-refractivity contribution in [2.75, 3.05) is 6.61 Å². The number of carbonyl (C=O) groups excluding carboxylic acids is 2. The van der Waals surface area contributed by atoms with Gasteiger partial charge in [0.1, 0.15) is 18.3 Å². The summed E-state index contributed by atoms with van der Waals surface area (Å²) in [5, 5.41) is 14.4. The average Bonchev–Trinajstić information content (AvgIpc) is 2.71. The normalized spacial score (nSPS) is 23.5. The minimum absolute atomic E-state index is 0.0211.